The Morgan fingerprint density at radius 3 is 1.21 bits per heavy atom. The van der Waals surface area contributed by atoms with E-state index in [-0.39, 0.29) is 0 Å². The molecule has 0 spiro atoms. The Kier molecular flexibility index (Phi) is 22.3. The molecule has 28 heavy (non-hydrogen) atoms. The third-order valence-electron chi connectivity index (χ3n) is 6.18. The first kappa shape index (κ1) is 27.5. The van der Waals surface area contributed by atoms with Gasteiger partial charge in [-0.1, -0.05) is 142 Å². The summed E-state index contributed by atoms with van der Waals surface area (Å²) in [5.41, 5.74) is 0. The van der Waals surface area contributed by atoms with Crippen LogP contribution in [-0.2, 0) is 4.79 Å². The van der Waals surface area contributed by atoms with E-state index in [9.17, 15) is 4.79 Å². The molecule has 0 aliphatic carbocycles. The van der Waals surface area contributed by atoms with Gasteiger partial charge in [-0.05, 0) is 12.3 Å². The number of unbranched alkanes of at least 4 members (excludes halogenated alkanes) is 15. The van der Waals surface area contributed by atoms with Gasteiger partial charge in [0, 0.05) is 6.42 Å². The normalized spacial score (nSPS) is 11.4. The van der Waals surface area contributed by atoms with E-state index in [1.807, 2.05) is 0 Å². The molecule has 1 N–H and O–H groups in total. The maximum absolute atomic E-state index is 10.4. The number of hydrogen-bond donors (Lipinski definition) is 1. The molecule has 0 aromatic heterocycles. The van der Waals surface area contributed by atoms with E-state index >= 15 is 0 Å². The van der Waals surface area contributed by atoms with Crippen molar-refractivity contribution in [1.82, 2.24) is 0 Å². The highest BCUT2D eigenvalue weighted by atomic mass is 16.4. The molecule has 0 aromatic rings. The summed E-state index contributed by atoms with van der Waals surface area (Å²) in [7, 11) is 0. The van der Waals surface area contributed by atoms with Gasteiger partial charge in [-0.25, -0.2) is 0 Å². The van der Waals surface area contributed by atoms with Crippen LogP contribution in [0.5, 0.6) is 0 Å². The minimum absolute atomic E-state index is 0.346. The quantitative estimate of drug-likeness (QED) is 0.175. The Labute approximate surface area is 177 Å². The van der Waals surface area contributed by atoms with E-state index in [1.165, 1.54) is 122 Å². The molecule has 0 atom stereocenters. The zero-order valence-corrected chi connectivity index (χ0v) is 19.5. The van der Waals surface area contributed by atoms with Crippen LogP contribution in [0.1, 0.15) is 155 Å². The third kappa shape index (κ3) is 21.8. The number of carboxylic acid groups (broad SMARTS) is 1. The van der Waals surface area contributed by atoms with Crippen LogP contribution in [0.15, 0.2) is 0 Å². The first-order valence-corrected chi connectivity index (χ1v) is 12.9. The van der Waals surface area contributed by atoms with Crippen molar-refractivity contribution in [3.05, 3.63) is 0 Å². The van der Waals surface area contributed by atoms with E-state index in [1.54, 1.807) is 0 Å². The van der Waals surface area contributed by atoms with Crippen molar-refractivity contribution in [2.24, 2.45) is 5.92 Å². The minimum Gasteiger partial charge on any atom is -0.481 e. The Bertz CT molecular complexity index is 306. The number of carboxylic acids is 1. The standard InChI is InChI=1S/C26H52O2/c1-3-5-21-25(22-6-4-2)23-19-17-15-13-11-9-7-8-10-12-14-16-18-20-24-26(27)28/h25H,3-24H2,1-2H3,(H,27,28). The average molecular weight is 397 g/mol. The van der Waals surface area contributed by atoms with Crippen LogP contribution in [0.2, 0.25) is 0 Å². The molecule has 0 saturated heterocycles. The monoisotopic (exact) mass is 396 g/mol. The van der Waals surface area contributed by atoms with E-state index in [4.69, 9.17) is 5.11 Å². The summed E-state index contributed by atoms with van der Waals surface area (Å²) in [6.07, 6.45) is 29.0. The Morgan fingerprint density at radius 2 is 0.857 bits per heavy atom. The highest BCUT2D eigenvalue weighted by Crippen LogP contribution is 2.23. The number of carbonyl (C=O) groups is 1. The highest BCUT2D eigenvalue weighted by Gasteiger charge is 2.07. The summed E-state index contributed by atoms with van der Waals surface area (Å²) in [6, 6.07) is 0. The van der Waals surface area contributed by atoms with Gasteiger partial charge in [0.15, 0.2) is 0 Å². The molecule has 168 valence electrons. The van der Waals surface area contributed by atoms with Gasteiger partial charge >= 0.3 is 5.97 Å². The van der Waals surface area contributed by atoms with Gasteiger partial charge in [0.05, 0.1) is 0 Å². The molecule has 0 unspecified atom stereocenters. The fraction of sp³-hybridized carbons (Fsp3) is 0.962. The smallest absolute Gasteiger partial charge is 0.303 e. The van der Waals surface area contributed by atoms with Crippen molar-refractivity contribution in [3.63, 3.8) is 0 Å². The van der Waals surface area contributed by atoms with Crippen molar-refractivity contribution in [1.29, 1.82) is 0 Å². The lowest BCUT2D eigenvalue weighted by Gasteiger charge is -2.16. The van der Waals surface area contributed by atoms with Crippen molar-refractivity contribution in [2.45, 2.75) is 155 Å². The van der Waals surface area contributed by atoms with Crippen molar-refractivity contribution in [3.8, 4) is 0 Å². The van der Waals surface area contributed by atoms with Crippen LogP contribution < -0.4 is 0 Å². The van der Waals surface area contributed by atoms with E-state index < -0.39 is 5.97 Å². The first-order valence-electron chi connectivity index (χ1n) is 12.9. The van der Waals surface area contributed by atoms with E-state index in [0.717, 1.165) is 18.8 Å². The molecule has 0 aromatic carbocycles. The van der Waals surface area contributed by atoms with E-state index in [2.05, 4.69) is 13.8 Å². The van der Waals surface area contributed by atoms with Crippen LogP contribution in [0.3, 0.4) is 0 Å². The second kappa shape index (κ2) is 22.8. The number of aliphatic carboxylic acids is 1. The lowest BCUT2D eigenvalue weighted by Crippen LogP contribution is -2.01. The fourth-order valence-electron chi connectivity index (χ4n) is 4.25. The van der Waals surface area contributed by atoms with Gasteiger partial charge < -0.3 is 5.11 Å². The molecule has 0 aliphatic heterocycles. The molecule has 0 radical (unpaired) electrons. The maximum Gasteiger partial charge on any atom is 0.303 e. The predicted octanol–water partition coefficient (Wildman–Crippen LogP) is 9.31. The first-order chi connectivity index (χ1) is 13.7. The zero-order valence-electron chi connectivity index (χ0n) is 19.5. The summed E-state index contributed by atoms with van der Waals surface area (Å²) >= 11 is 0. The lowest BCUT2D eigenvalue weighted by atomic mass is 9.90. The Balaban J connectivity index is 3.26. The Morgan fingerprint density at radius 1 is 0.536 bits per heavy atom. The largest absolute Gasteiger partial charge is 0.481 e. The van der Waals surface area contributed by atoms with Gasteiger partial charge in [0.1, 0.15) is 0 Å². The second-order valence-electron chi connectivity index (χ2n) is 9.03. The average Bonchev–Trinajstić information content (AvgIpc) is 2.68. The highest BCUT2D eigenvalue weighted by molar-refractivity contribution is 5.66. The van der Waals surface area contributed by atoms with Crippen molar-refractivity contribution >= 4 is 5.97 Å². The lowest BCUT2D eigenvalue weighted by molar-refractivity contribution is -0.137. The SMILES string of the molecule is CCCCC(CCCC)CCCCCCCCCCCCCCCCC(=O)O. The van der Waals surface area contributed by atoms with Gasteiger partial charge in [-0.15, -0.1) is 0 Å². The number of hydrogen-bond acceptors (Lipinski definition) is 1. The van der Waals surface area contributed by atoms with Crippen LogP contribution in [0.4, 0.5) is 0 Å². The maximum atomic E-state index is 10.4. The van der Waals surface area contributed by atoms with Crippen LogP contribution in [0.25, 0.3) is 0 Å². The summed E-state index contributed by atoms with van der Waals surface area (Å²) in [5.74, 6) is 0.361. The van der Waals surface area contributed by atoms with Crippen LogP contribution in [0, 0.1) is 5.92 Å². The molecule has 0 amide bonds. The molecule has 2 heteroatoms. The fourth-order valence-corrected chi connectivity index (χ4v) is 4.25. The molecule has 0 bridgehead atoms. The van der Waals surface area contributed by atoms with Gasteiger partial charge in [0.2, 0.25) is 0 Å². The molecule has 0 heterocycles. The van der Waals surface area contributed by atoms with Crippen molar-refractivity contribution < 1.29 is 9.90 Å². The van der Waals surface area contributed by atoms with Crippen molar-refractivity contribution in [2.75, 3.05) is 0 Å². The summed E-state index contributed by atoms with van der Waals surface area (Å²) in [6.45, 7) is 4.64. The van der Waals surface area contributed by atoms with Gasteiger partial charge in [0.25, 0.3) is 0 Å². The van der Waals surface area contributed by atoms with E-state index in [0.29, 0.717) is 6.42 Å². The molecular weight excluding hydrogens is 344 g/mol. The molecule has 0 saturated carbocycles. The Hall–Kier alpha value is -0.530. The summed E-state index contributed by atoms with van der Waals surface area (Å²) < 4.78 is 0. The van der Waals surface area contributed by atoms with Crippen LogP contribution >= 0.6 is 0 Å². The molecule has 0 aliphatic rings. The second-order valence-corrected chi connectivity index (χ2v) is 9.03. The summed E-state index contributed by atoms with van der Waals surface area (Å²) in [5, 5.41) is 8.60. The molecule has 0 rings (SSSR count). The zero-order chi connectivity index (χ0) is 20.7. The van der Waals surface area contributed by atoms with Gasteiger partial charge in [-0.2, -0.15) is 0 Å². The van der Waals surface area contributed by atoms with Gasteiger partial charge in [-0.3, -0.25) is 4.79 Å². The topological polar surface area (TPSA) is 37.3 Å². The summed E-state index contributed by atoms with van der Waals surface area (Å²) in [4.78, 5) is 10.4. The molecule has 0 fully saturated rings. The van der Waals surface area contributed by atoms with Crippen LogP contribution in [-0.4, -0.2) is 11.1 Å². The molecule has 2 nitrogen and oxygen atoms in total. The number of rotatable bonds is 23. The molecular formula is C26H52O2. The third-order valence-corrected chi connectivity index (χ3v) is 6.18. The minimum atomic E-state index is -0.650. The predicted molar refractivity (Wildman–Crippen MR) is 124 cm³/mol.